The smallest absolute Gasteiger partial charge is 0.159 e. The molecule has 0 spiro atoms. The van der Waals surface area contributed by atoms with E-state index in [1.807, 2.05) is 6.07 Å². The van der Waals surface area contributed by atoms with Crippen molar-refractivity contribution in [3.8, 4) is 11.8 Å². The molecule has 0 bridgehead atoms. The van der Waals surface area contributed by atoms with Crippen molar-refractivity contribution in [2.45, 2.75) is 20.2 Å². The van der Waals surface area contributed by atoms with Gasteiger partial charge in [0.05, 0.1) is 31.6 Å². The number of hydrogen-bond donors (Lipinski definition) is 1. The molecular formula is C26H27FN4O2. The van der Waals surface area contributed by atoms with Gasteiger partial charge in [-0.25, -0.2) is 4.39 Å². The Morgan fingerprint density at radius 1 is 1.52 bits per heavy atom. The van der Waals surface area contributed by atoms with Gasteiger partial charge < -0.3 is 15.0 Å². The molecule has 0 aliphatic carbocycles. The molecule has 1 heterocycles. The lowest BCUT2D eigenvalue weighted by molar-refractivity contribution is -0.114. The summed E-state index contributed by atoms with van der Waals surface area (Å²) < 4.78 is 130. The van der Waals surface area contributed by atoms with E-state index in [0.717, 1.165) is 19.3 Å². The van der Waals surface area contributed by atoms with Crippen LogP contribution in [0.15, 0.2) is 48.6 Å². The van der Waals surface area contributed by atoms with Gasteiger partial charge in [0.15, 0.2) is 5.78 Å². The number of pyridine rings is 1. The first-order valence-electron chi connectivity index (χ1n) is 16.4. The number of rotatable bonds is 9. The summed E-state index contributed by atoms with van der Waals surface area (Å²) in [7, 11) is 0.802. The van der Waals surface area contributed by atoms with Crippen LogP contribution >= 0.6 is 0 Å². The average Bonchev–Trinajstić information content (AvgIpc) is 2.96. The number of ether oxygens (including phenoxy) is 1. The van der Waals surface area contributed by atoms with Crippen molar-refractivity contribution >= 4 is 28.1 Å². The Kier molecular flexibility index (Phi) is 3.70. The van der Waals surface area contributed by atoms with Gasteiger partial charge in [0, 0.05) is 52.8 Å². The van der Waals surface area contributed by atoms with Crippen LogP contribution in [0.2, 0.25) is 0 Å². The van der Waals surface area contributed by atoms with Crippen LogP contribution in [0.5, 0.6) is 5.75 Å². The molecule has 0 atom stereocenters. The van der Waals surface area contributed by atoms with E-state index in [1.54, 1.807) is 0 Å². The Hall–Kier alpha value is -3.76. The zero-order chi connectivity index (χ0) is 36.0. The Bertz CT molecular complexity index is 1820. The van der Waals surface area contributed by atoms with Crippen molar-refractivity contribution in [3.05, 3.63) is 71.1 Å². The second kappa shape index (κ2) is 10.7. The van der Waals surface area contributed by atoms with Gasteiger partial charge in [-0.05, 0) is 63.7 Å². The fourth-order valence-corrected chi connectivity index (χ4v) is 2.85. The normalized spacial score (nSPS) is 19.6. The highest BCUT2D eigenvalue weighted by molar-refractivity contribution is 5.98. The standard InChI is InChI=1S/C26H27FN4O2/c1-5-33-25-14-24-22(13-18(25)12-21(32)7-6-10-31(3)4)26(19(15-28)16-29-24)30-20-8-9-23(27)17(2)11-20/h6-9,11,13-14,16H,5,10,12H2,1-4H3,(H,29,30)/b7-6+/i1D3,3D3,5D2,6D,7D,10D2,13D,14D. The van der Waals surface area contributed by atoms with Crippen LogP contribution in [0.1, 0.15) is 42.7 Å². The summed E-state index contributed by atoms with van der Waals surface area (Å²) in [6.07, 6.45) is -0.153. The first-order valence-corrected chi connectivity index (χ1v) is 9.39. The van der Waals surface area contributed by atoms with E-state index in [4.69, 9.17) is 23.9 Å². The summed E-state index contributed by atoms with van der Waals surface area (Å²) in [5.41, 5.74) is -0.991. The summed E-state index contributed by atoms with van der Waals surface area (Å²) in [6.45, 7) is -11.7. The zero-order valence-electron chi connectivity index (χ0n) is 31.6. The molecule has 0 radical (unpaired) electrons. The first-order chi connectivity index (χ1) is 21.4. The van der Waals surface area contributed by atoms with Crippen LogP contribution in [-0.4, -0.2) is 42.7 Å². The minimum absolute atomic E-state index is 0.140. The molecule has 0 aliphatic heterocycles. The van der Waals surface area contributed by atoms with Crippen molar-refractivity contribution in [1.82, 2.24) is 9.88 Å². The molecule has 0 saturated carbocycles. The highest BCUT2D eigenvalue weighted by Gasteiger charge is 2.16. The molecule has 1 N–H and O–H groups in total. The van der Waals surface area contributed by atoms with Gasteiger partial charge in [-0.3, -0.25) is 9.78 Å². The monoisotopic (exact) mass is 460 g/mol. The molecule has 3 aromatic rings. The van der Waals surface area contributed by atoms with Crippen LogP contribution in [0, 0.1) is 24.1 Å². The topological polar surface area (TPSA) is 78.2 Å². The molecule has 0 saturated heterocycles. The predicted molar refractivity (Wildman–Crippen MR) is 128 cm³/mol. The van der Waals surface area contributed by atoms with Crippen LogP contribution in [0.4, 0.5) is 15.8 Å². The number of benzene rings is 2. The maximum atomic E-state index is 13.9. The van der Waals surface area contributed by atoms with E-state index >= 15 is 0 Å². The number of aryl methyl sites for hydroxylation is 1. The van der Waals surface area contributed by atoms with E-state index in [9.17, 15) is 14.4 Å². The summed E-state index contributed by atoms with van der Waals surface area (Å²) in [5, 5.41) is 12.4. The Morgan fingerprint density at radius 3 is 3.09 bits per heavy atom. The Labute approximate surface area is 213 Å². The van der Waals surface area contributed by atoms with Gasteiger partial charge in [-0.1, -0.05) is 6.05 Å². The number of carbonyl (C=O) groups is 1. The Morgan fingerprint density at radius 2 is 2.36 bits per heavy atom. The third-order valence-corrected chi connectivity index (χ3v) is 4.32. The van der Waals surface area contributed by atoms with E-state index in [1.165, 1.54) is 19.1 Å². The number of nitriles is 1. The third-order valence-electron chi connectivity index (χ3n) is 4.32. The van der Waals surface area contributed by atoms with Crippen LogP contribution < -0.4 is 10.1 Å². The molecular weight excluding hydrogens is 419 g/mol. The van der Waals surface area contributed by atoms with Gasteiger partial charge in [0.1, 0.15) is 17.6 Å². The van der Waals surface area contributed by atoms with Crippen LogP contribution in [-0.2, 0) is 11.2 Å². The summed E-state index contributed by atoms with van der Waals surface area (Å²) >= 11 is 0. The molecule has 0 unspecified atom stereocenters. The van der Waals surface area contributed by atoms with Crippen molar-refractivity contribution in [1.29, 1.82) is 5.26 Å². The molecule has 1 aromatic heterocycles. The number of aromatic nitrogens is 1. The summed E-state index contributed by atoms with van der Waals surface area (Å²) in [5.74, 6) is -2.89. The second-order valence-electron chi connectivity index (χ2n) is 6.75. The fraction of sp³-hybridized carbons (Fsp3) is 0.269. The number of fused-ring (bicyclic) bond motifs is 1. The number of carbonyl (C=O) groups excluding carboxylic acids is 1. The number of anilines is 2. The number of nitrogens with zero attached hydrogens (tertiary/aromatic N) is 3. The molecule has 170 valence electrons. The Balaban J connectivity index is 2.36. The van der Waals surface area contributed by atoms with Crippen LogP contribution in [0.25, 0.3) is 10.9 Å². The molecule has 0 aliphatic rings. The largest absolute Gasteiger partial charge is 0.494 e. The lowest BCUT2D eigenvalue weighted by Crippen LogP contribution is -2.11. The molecule has 33 heavy (non-hydrogen) atoms. The van der Waals surface area contributed by atoms with Gasteiger partial charge in [-0.15, -0.1) is 0 Å². The van der Waals surface area contributed by atoms with Gasteiger partial charge in [0.2, 0.25) is 0 Å². The number of hydrogen-bond acceptors (Lipinski definition) is 6. The van der Waals surface area contributed by atoms with Crippen LogP contribution in [0.3, 0.4) is 0 Å². The maximum Gasteiger partial charge on any atom is 0.159 e. The van der Waals surface area contributed by atoms with Gasteiger partial charge in [0.25, 0.3) is 0 Å². The third kappa shape index (κ3) is 5.93. The lowest BCUT2D eigenvalue weighted by Gasteiger charge is -2.15. The van der Waals surface area contributed by atoms with Gasteiger partial charge >= 0.3 is 0 Å². The van der Waals surface area contributed by atoms with Crippen molar-refractivity contribution in [3.63, 3.8) is 0 Å². The summed E-state index contributed by atoms with van der Waals surface area (Å²) in [6, 6.07) is 1.38. The lowest BCUT2D eigenvalue weighted by atomic mass is 10.0. The molecule has 6 nitrogen and oxygen atoms in total. The zero-order valence-corrected chi connectivity index (χ0v) is 17.6. The average molecular weight is 461 g/mol. The predicted octanol–water partition coefficient (Wildman–Crippen LogP) is 4.93. The van der Waals surface area contributed by atoms with E-state index in [-0.39, 0.29) is 32.8 Å². The highest BCUT2D eigenvalue weighted by atomic mass is 19.1. The van der Waals surface area contributed by atoms with E-state index in [2.05, 4.69) is 10.3 Å². The molecule has 0 fully saturated rings. The van der Waals surface area contributed by atoms with E-state index in [0.29, 0.717) is 0 Å². The quantitative estimate of drug-likeness (QED) is 0.457. The fourth-order valence-electron chi connectivity index (χ4n) is 2.85. The molecule has 2 aromatic carbocycles. The van der Waals surface area contributed by atoms with E-state index < -0.39 is 85.9 Å². The molecule has 3 rings (SSSR count). The first kappa shape index (κ1) is 11.4. The maximum absolute atomic E-state index is 13.9. The van der Waals surface area contributed by atoms with Crippen molar-refractivity contribution < 1.29 is 33.1 Å². The molecule has 7 heteroatoms. The molecule has 0 amide bonds. The minimum Gasteiger partial charge on any atom is -0.494 e. The number of nitrogens with one attached hydrogen (secondary N) is 1. The number of halogens is 1. The van der Waals surface area contributed by atoms with Gasteiger partial charge in [-0.2, -0.15) is 5.26 Å². The second-order valence-corrected chi connectivity index (χ2v) is 6.75. The number of ketones is 1. The number of likely N-dealkylation sites (N-methyl/N-ethyl adjacent to an activating group) is 1. The minimum atomic E-state index is -3.50. The summed E-state index contributed by atoms with van der Waals surface area (Å²) in [4.78, 5) is 17.5. The highest BCUT2D eigenvalue weighted by Crippen LogP contribution is 2.34. The van der Waals surface area contributed by atoms with Crippen molar-refractivity contribution in [2.75, 3.05) is 32.4 Å². The van der Waals surface area contributed by atoms with Crippen molar-refractivity contribution in [2.24, 2.45) is 0 Å². The number of allylic oxidation sites excluding steroid dienone is 1. The SMILES string of the molecule is [2H]/C(C(=O)Cc1c(OC([2H])([2H])C([2H])([2H])[2H])c([2H])c2ncc(C#N)c(Nc3ccc(F)c(C)c3)c2c1[2H])=C(/[2H])C([2H])([2H])N(C)C([2H])([2H])[2H].